The molecule has 1 saturated heterocycles. The minimum atomic E-state index is -2.16. The van der Waals surface area contributed by atoms with E-state index in [4.69, 9.17) is 10.5 Å². The highest BCUT2D eigenvalue weighted by Crippen LogP contribution is 2.42. The second kappa shape index (κ2) is 5.00. The van der Waals surface area contributed by atoms with E-state index in [-0.39, 0.29) is 11.6 Å². The lowest BCUT2D eigenvalue weighted by Gasteiger charge is -2.24. The first-order valence-corrected chi connectivity index (χ1v) is 6.68. The van der Waals surface area contributed by atoms with Crippen molar-refractivity contribution in [3.05, 3.63) is 6.33 Å². The predicted molar refractivity (Wildman–Crippen MR) is 74.3 cm³/mol. The Labute approximate surface area is 124 Å². The number of anilines is 2. The van der Waals surface area contributed by atoms with Crippen LogP contribution in [0.25, 0.3) is 11.2 Å². The van der Waals surface area contributed by atoms with Crippen molar-refractivity contribution in [2.75, 3.05) is 24.7 Å². The lowest BCUT2D eigenvalue weighted by atomic mass is 9.98. The van der Waals surface area contributed by atoms with Crippen molar-refractivity contribution in [1.82, 2.24) is 19.5 Å². The zero-order valence-electron chi connectivity index (χ0n) is 12.0. The summed E-state index contributed by atoms with van der Waals surface area (Å²) in [5, 5.41) is 23.8. The molecule has 119 valence electrons. The third kappa shape index (κ3) is 1.99. The molecule has 1 aliphatic rings. The Morgan fingerprint density at radius 2 is 2.32 bits per heavy atom. The highest BCUT2D eigenvalue weighted by molar-refractivity contribution is 5.84. The smallest absolute Gasteiger partial charge is 0.224 e. The van der Waals surface area contributed by atoms with Gasteiger partial charge in [-0.05, 0) is 6.92 Å². The first-order chi connectivity index (χ1) is 10.4. The minimum Gasteiger partial charge on any atom is -0.387 e. The van der Waals surface area contributed by atoms with E-state index in [0.29, 0.717) is 11.3 Å². The van der Waals surface area contributed by atoms with Crippen LogP contribution in [-0.2, 0) is 9.84 Å². The Kier molecular flexibility index (Phi) is 3.38. The fourth-order valence-corrected chi connectivity index (χ4v) is 2.63. The normalized spacial score (nSPS) is 31.8. The van der Waals surface area contributed by atoms with Gasteiger partial charge >= 0.3 is 0 Å². The summed E-state index contributed by atoms with van der Waals surface area (Å²) in [5.41, 5.74) is 4.11. The number of aromatic nitrogens is 4. The summed E-state index contributed by atoms with van der Waals surface area (Å²) in [6, 6.07) is 0. The Balaban J connectivity index is 2.13. The highest BCUT2D eigenvalue weighted by Gasteiger charge is 2.55. The second-order valence-corrected chi connectivity index (χ2v) is 5.29. The number of alkyl halides is 1. The third-order valence-corrected chi connectivity index (χ3v) is 3.81. The van der Waals surface area contributed by atoms with E-state index in [1.54, 1.807) is 7.05 Å². The first-order valence-electron chi connectivity index (χ1n) is 6.68. The molecule has 0 aromatic carbocycles. The Morgan fingerprint density at radius 1 is 1.59 bits per heavy atom. The van der Waals surface area contributed by atoms with E-state index in [1.165, 1.54) is 17.8 Å². The number of ether oxygens (including phenoxy) is 1. The molecule has 0 aliphatic carbocycles. The van der Waals surface area contributed by atoms with Gasteiger partial charge < -0.3 is 20.9 Å². The van der Waals surface area contributed by atoms with Gasteiger partial charge in [0.2, 0.25) is 5.95 Å². The molecule has 2 aromatic heterocycles. The molecule has 4 atom stereocenters. The summed E-state index contributed by atoms with van der Waals surface area (Å²) in [6.45, 7) is 0.427. The van der Waals surface area contributed by atoms with Crippen molar-refractivity contribution >= 4 is 22.9 Å². The molecule has 1 radical (unpaired) electrons. The number of hydrogen-bond acceptors (Lipinski definition) is 7. The van der Waals surface area contributed by atoms with Gasteiger partial charge in [-0.2, -0.15) is 9.97 Å². The quantitative estimate of drug-likeness (QED) is 0.719. The molecule has 4 N–H and O–H groups in total. The SMILES string of the molecule is CNc1nc(N)nc2c1ncn2[C@@H]1O[C@H](C[O])[C@@H](O)[C@@]1(C)F. The van der Waals surface area contributed by atoms with Crippen molar-refractivity contribution in [2.24, 2.45) is 0 Å². The maximum atomic E-state index is 14.8. The molecule has 0 saturated carbocycles. The van der Waals surface area contributed by atoms with E-state index in [2.05, 4.69) is 20.3 Å². The van der Waals surface area contributed by atoms with E-state index in [9.17, 15) is 14.6 Å². The van der Waals surface area contributed by atoms with Gasteiger partial charge in [0.05, 0.1) is 6.33 Å². The minimum absolute atomic E-state index is 0.0157. The first kappa shape index (κ1) is 14.9. The van der Waals surface area contributed by atoms with E-state index >= 15 is 0 Å². The van der Waals surface area contributed by atoms with Gasteiger partial charge in [0.15, 0.2) is 28.9 Å². The number of hydrogen-bond donors (Lipinski definition) is 3. The number of nitrogens with two attached hydrogens (primary N) is 1. The molecular formula is C12H16FN6O3. The van der Waals surface area contributed by atoms with Crippen LogP contribution in [0.5, 0.6) is 0 Å². The molecule has 3 rings (SSSR count). The van der Waals surface area contributed by atoms with Crippen LogP contribution in [0, 0.1) is 0 Å². The van der Waals surface area contributed by atoms with Gasteiger partial charge in [-0.15, -0.1) is 0 Å². The van der Waals surface area contributed by atoms with Crippen LogP contribution >= 0.6 is 0 Å². The number of nitrogens with zero attached hydrogens (tertiary/aromatic N) is 4. The summed E-state index contributed by atoms with van der Waals surface area (Å²) in [7, 11) is 1.64. The second-order valence-electron chi connectivity index (χ2n) is 5.29. The lowest BCUT2D eigenvalue weighted by Crippen LogP contribution is -2.40. The number of nitrogens with one attached hydrogen (secondary N) is 1. The fourth-order valence-electron chi connectivity index (χ4n) is 2.63. The van der Waals surface area contributed by atoms with Gasteiger partial charge in [0.1, 0.15) is 18.8 Å². The molecule has 0 bridgehead atoms. The molecule has 1 aliphatic heterocycles. The number of aliphatic hydroxyl groups is 1. The van der Waals surface area contributed by atoms with Crippen LogP contribution in [0.4, 0.5) is 16.2 Å². The number of halogens is 1. The average molecular weight is 311 g/mol. The zero-order valence-corrected chi connectivity index (χ0v) is 12.0. The molecule has 9 nitrogen and oxygen atoms in total. The number of fused-ring (bicyclic) bond motifs is 1. The number of rotatable bonds is 3. The Bertz CT molecular complexity index is 705. The number of aliphatic hydroxyl groups excluding tert-OH is 1. The maximum absolute atomic E-state index is 14.8. The number of imidazole rings is 1. The molecule has 3 heterocycles. The van der Waals surface area contributed by atoms with Gasteiger partial charge in [-0.3, -0.25) is 4.57 Å². The predicted octanol–water partition coefficient (Wildman–Crippen LogP) is -0.133. The van der Waals surface area contributed by atoms with E-state index in [1.807, 2.05) is 0 Å². The van der Waals surface area contributed by atoms with Gasteiger partial charge in [-0.1, -0.05) is 0 Å². The van der Waals surface area contributed by atoms with Crippen molar-refractivity contribution in [1.29, 1.82) is 0 Å². The zero-order chi connectivity index (χ0) is 16.1. The van der Waals surface area contributed by atoms with Crippen LogP contribution < -0.4 is 11.1 Å². The van der Waals surface area contributed by atoms with Crippen LogP contribution in [0.3, 0.4) is 0 Å². The Morgan fingerprint density at radius 3 is 2.91 bits per heavy atom. The summed E-state index contributed by atoms with van der Waals surface area (Å²) in [4.78, 5) is 12.2. The molecule has 10 heteroatoms. The van der Waals surface area contributed by atoms with Crippen LogP contribution in [0.2, 0.25) is 0 Å². The molecule has 0 unspecified atom stereocenters. The summed E-state index contributed by atoms with van der Waals surface area (Å²) in [6.07, 6.45) is -2.58. The van der Waals surface area contributed by atoms with Crippen molar-refractivity contribution in [3.63, 3.8) is 0 Å². The monoisotopic (exact) mass is 311 g/mol. The van der Waals surface area contributed by atoms with Crippen LogP contribution in [0.1, 0.15) is 13.2 Å². The van der Waals surface area contributed by atoms with Gasteiger partial charge in [0, 0.05) is 7.05 Å². The molecule has 1 fully saturated rings. The molecular weight excluding hydrogens is 295 g/mol. The summed E-state index contributed by atoms with van der Waals surface area (Å²) < 4.78 is 21.5. The van der Waals surface area contributed by atoms with E-state index in [0.717, 1.165) is 0 Å². The lowest BCUT2D eigenvalue weighted by molar-refractivity contribution is -0.0657. The standard InChI is InChI=1S/C12H16FN6O3/c1-12(13)7(21)5(3-20)22-10(12)19-4-16-6-8(15-2)17-11(14)18-9(6)19/h4-5,7,10,21H,3H2,1-2H3,(H3,14,15,17,18)/t5-,7-,10-,12-/m1/s1. The summed E-state index contributed by atoms with van der Waals surface area (Å²) in [5.74, 6) is 0.374. The molecule has 2 aromatic rings. The van der Waals surface area contributed by atoms with Crippen molar-refractivity contribution in [3.8, 4) is 0 Å². The molecule has 0 spiro atoms. The summed E-state index contributed by atoms with van der Waals surface area (Å²) >= 11 is 0. The van der Waals surface area contributed by atoms with Gasteiger partial charge in [0.25, 0.3) is 0 Å². The highest BCUT2D eigenvalue weighted by atomic mass is 19.1. The third-order valence-electron chi connectivity index (χ3n) is 3.81. The Hall–Kier alpha value is -2.04. The molecule has 0 amide bonds. The van der Waals surface area contributed by atoms with Crippen LogP contribution in [-0.4, -0.2) is 56.2 Å². The van der Waals surface area contributed by atoms with Crippen molar-refractivity contribution < 1.29 is 19.3 Å². The fraction of sp³-hybridized carbons (Fsp3) is 0.583. The van der Waals surface area contributed by atoms with Crippen LogP contribution in [0.15, 0.2) is 6.33 Å². The molecule has 22 heavy (non-hydrogen) atoms. The number of nitrogen functional groups attached to an aromatic ring is 1. The average Bonchev–Trinajstić information content (AvgIpc) is 2.98. The largest absolute Gasteiger partial charge is 0.387 e. The van der Waals surface area contributed by atoms with Gasteiger partial charge in [-0.25, -0.2) is 14.5 Å². The maximum Gasteiger partial charge on any atom is 0.224 e. The van der Waals surface area contributed by atoms with E-state index < -0.39 is 30.7 Å². The van der Waals surface area contributed by atoms with Crippen molar-refractivity contribution in [2.45, 2.75) is 31.0 Å². The topological polar surface area (TPSA) is 131 Å².